The second-order valence-corrected chi connectivity index (χ2v) is 3.39. The van der Waals surface area contributed by atoms with E-state index in [0.717, 1.165) is 19.3 Å². The monoisotopic (exact) mass is 166 g/mol. The standard InChI is InChI=1S/C11H18O/c12-11-9-7-5-3-1-2-4-6-8-10-11/h5,7,9,12H,1-4,6,8,10H2/b7-5-,11-9+. The summed E-state index contributed by atoms with van der Waals surface area (Å²) in [6.45, 7) is 0. The van der Waals surface area contributed by atoms with Crippen molar-refractivity contribution in [2.24, 2.45) is 0 Å². The van der Waals surface area contributed by atoms with E-state index >= 15 is 0 Å². The van der Waals surface area contributed by atoms with E-state index < -0.39 is 0 Å². The van der Waals surface area contributed by atoms with Crippen LogP contribution in [-0.2, 0) is 0 Å². The van der Waals surface area contributed by atoms with Crippen molar-refractivity contribution in [1.29, 1.82) is 0 Å². The van der Waals surface area contributed by atoms with Crippen LogP contribution in [0.3, 0.4) is 0 Å². The molecule has 12 heavy (non-hydrogen) atoms. The molecule has 0 aromatic rings. The zero-order valence-corrected chi connectivity index (χ0v) is 7.63. The minimum Gasteiger partial charge on any atom is -0.512 e. The maximum absolute atomic E-state index is 9.33. The van der Waals surface area contributed by atoms with Crippen LogP contribution in [-0.4, -0.2) is 5.11 Å². The van der Waals surface area contributed by atoms with E-state index in [4.69, 9.17) is 0 Å². The second kappa shape index (κ2) is 5.87. The summed E-state index contributed by atoms with van der Waals surface area (Å²) in [7, 11) is 0. The lowest BCUT2D eigenvalue weighted by atomic mass is 10.1. The fourth-order valence-corrected chi connectivity index (χ4v) is 1.46. The predicted molar refractivity (Wildman–Crippen MR) is 52.2 cm³/mol. The van der Waals surface area contributed by atoms with Crippen LogP contribution in [0.2, 0.25) is 0 Å². The molecule has 0 aromatic carbocycles. The Morgan fingerprint density at radius 2 is 1.75 bits per heavy atom. The normalized spacial score (nSPS) is 28.2. The SMILES string of the molecule is O/C1=C/C=C\CCCCCCC1. The fourth-order valence-electron chi connectivity index (χ4n) is 1.46. The van der Waals surface area contributed by atoms with Gasteiger partial charge in [-0.1, -0.05) is 31.4 Å². The van der Waals surface area contributed by atoms with Crippen molar-refractivity contribution >= 4 is 0 Å². The Balaban J connectivity index is 2.36. The predicted octanol–water partition coefficient (Wildman–Crippen LogP) is 3.73. The Hall–Kier alpha value is -0.720. The van der Waals surface area contributed by atoms with Gasteiger partial charge >= 0.3 is 0 Å². The van der Waals surface area contributed by atoms with Crippen molar-refractivity contribution in [2.45, 2.75) is 44.9 Å². The summed E-state index contributed by atoms with van der Waals surface area (Å²) in [5.74, 6) is 0.535. The van der Waals surface area contributed by atoms with Crippen molar-refractivity contribution in [3.05, 3.63) is 24.0 Å². The molecule has 1 heteroatoms. The number of aliphatic hydroxyl groups is 1. The van der Waals surface area contributed by atoms with Gasteiger partial charge in [-0.3, -0.25) is 0 Å². The molecule has 0 aromatic heterocycles. The van der Waals surface area contributed by atoms with Gasteiger partial charge in [0, 0.05) is 6.42 Å². The van der Waals surface area contributed by atoms with Crippen molar-refractivity contribution in [1.82, 2.24) is 0 Å². The Morgan fingerprint density at radius 1 is 1.00 bits per heavy atom. The third-order valence-electron chi connectivity index (χ3n) is 2.23. The number of rotatable bonds is 0. The number of allylic oxidation sites excluding steroid dienone is 4. The van der Waals surface area contributed by atoms with E-state index in [2.05, 4.69) is 6.08 Å². The molecule has 1 nitrogen and oxygen atoms in total. The first-order valence-corrected chi connectivity index (χ1v) is 4.94. The number of hydrogen-bond donors (Lipinski definition) is 1. The second-order valence-electron chi connectivity index (χ2n) is 3.39. The van der Waals surface area contributed by atoms with Gasteiger partial charge in [0.05, 0.1) is 5.76 Å². The fraction of sp³-hybridized carbons (Fsp3) is 0.636. The minimum atomic E-state index is 0.535. The maximum Gasteiger partial charge on any atom is 0.0922 e. The molecular formula is C11H18O. The van der Waals surface area contributed by atoms with Crippen molar-refractivity contribution in [2.75, 3.05) is 0 Å². The Labute approximate surface area is 74.8 Å². The summed E-state index contributed by atoms with van der Waals surface area (Å²) in [6.07, 6.45) is 14.3. The van der Waals surface area contributed by atoms with Crippen LogP contribution in [0, 0.1) is 0 Å². The smallest absolute Gasteiger partial charge is 0.0922 e. The summed E-state index contributed by atoms with van der Waals surface area (Å²) < 4.78 is 0. The van der Waals surface area contributed by atoms with Crippen molar-refractivity contribution < 1.29 is 5.11 Å². The van der Waals surface area contributed by atoms with Gasteiger partial charge < -0.3 is 5.11 Å². The summed E-state index contributed by atoms with van der Waals surface area (Å²) in [6, 6.07) is 0. The highest BCUT2D eigenvalue weighted by Gasteiger charge is 1.94. The van der Waals surface area contributed by atoms with E-state index in [1.54, 1.807) is 0 Å². The number of aliphatic hydroxyl groups excluding tert-OH is 1. The lowest BCUT2D eigenvalue weighted by Gasteiger charge is -1.98. The Morgan fingerprint density at radius 3 is 2.67 bits per heavy atom. The summed E-state index contributed by atoms with van der Waals surface area (Å²) in [4.78, 5) is 0. The van der Waals surface area contributed by atoms with Gasteiger partial charge in [-0.25, -0.2) is 0 Å². The molecule has 0 spiro atoms. The first-order valence-electron chi connectivity index (χ1n) is 4.94. The van der Waals surface area contributed by atoms with Gasteiger partial charge in [-0.05, 0) is 25.3 Å². The molecule has 0 radical (unpaired) electrons. The first-order chi connectivity index (χ1) is 5.89. The average Bonchev–Trinajstić information content (AvgIpc) is 2.11. The van der Waals surface area contributed by atoms with Crippen LogP contribution >= 0.6 is 0 Å². The van der Waals surface area contributed by atoms with Gasteiger partial charge in [0.2, 0.25) is 0 Å². The molecular weight excluding hydrogens is 148 g/mol. The maximum atomic E-state index is 9.33. The quantitative estimate of drug-likeness (QED) is 0.581. The molecule has 1 aliphatic rings. The average molecular weight is 166 g/mol. The molecule has 0 atom stereocenters. The molecule has 0 fully saturated rings. The summed E-state index contributed by atoms with van der Waals surface area (Å²) in [5.41, 5.74) is 0. The molecule has 68 valence electrons. The van der Waals surface area contributed by atoms with Gasteiger partial charge in [0.25, 0.3) is 0 Å². The van der Waals surface area contributed by atoms with Crippen molar-refractivity contribution in [3.8, 4) is 0 Å². The topological polar surface area (TPSA) is 20.2 Å². The van der Waals surface area contributed by atoms with Crippen LogP contribution in [0.1, 0.15) is 44.9 Å². The molecule has 0 aliphatic heterocycles. The highest BCUT2D eigenvalue weighted by Crippen LogP contribution is 2.12. The van der Waals surface area contributed by atoms with E-state index in [1.807, 2.05) is 12.2 Å². The van der Waals surface area contributed by atoms with Crippen LogP contribution in [0.25, 0.3) is 0 Å². The molecule has 0 unspecified atom stereocenters. The summed E-state index contributed by atoms with van der Waals surface area (Å²) >= 11 is 0. The van der Waals surface area contributed by atoms with Crippen LogP contribution < -0.4 is 0 Å². The largest absolute Gasteiger partial charge is 0.512 e. The third kappa shape index (κ3) is 4.22. The molecule has 0 heterocycles. The summed E-state index contributed by atoms with van der Waals surface area (Å²) in [5, 5.41) is 9.33. The van der Waals surface area contributed by atoms with Crippen molar-refractivity contribution in [3.63, 3.8) is 0 Å². The molecule has 1 aliphatic carbocycles. The van der Waals surface area contributed by atoms with Gasteiger partial charge in [0.1, 0.15) is 0 Å². The van der Waals surface area contributed by atoms with Crippen LogP contribution in [0.4, 0.5) is 0 Å². The molecule has 1 rings (SSSR count). The van der Waals surface area contributed by atoms with Crippen LogP contribution in [0.5, 0.6) is 0 Å². The highest BCUT2D eigenvalue weighted by molar-refractivity contribution is 5.06. The molecule has 0 bridgehead atoms. The van der Waals surface area contributed by atoms with Gasteiger partial charge in [0.15, 0.2) is 0 Å². The van der Waals surface area contributed by atoms with E-state index in [1.165, 1.54) is 25.7 Å². The van der Waals surface area contributed by atoms with Gasteiger partial charge in [-0.15, -0.1) is 0 Å². The highest BCUT2D eigenvalue weighted by atomic mass is 16.3. The van der Waals surface area contributed by atoms with Gasteiger partial charge in [-0.2, -0.15) is 0 Å². The molecule has 0 saturated carbocycles. The van der Waals surface area contributed by atoms with E-state index in [-0.39, 0.29) is 0 Å². The third-order valence-corrected chi connectivity index (χ3v) is 2.23. The Bertz CT molecular complexity index is 168. The van der Waals surface area contributed by atoms with Crippen LogP contribution in [0.15, 0.2) is 24.0 Å². The lowest BCUT2D eigenvalue weighted by Crippen LogP contribution is -1.82. The zero-order valence-electron chi connectivity index (χ0n) is 7.63. The van der Waals surface area contributed by atoms with E-state index in [0.29, 0.717) is 5.76 Å². The van der Waals surface area contributed by atoms with E-state index in [9.17, 15) is 5.11 Å². The first kappa shape index (κ1) is 9.37. The molecule has 1 N–H and O–H groups in total. The molecule has 0 saturated heterocycles. The molecule has 0 amide bonds. The lowest BCUT2D eigenvalue weighted by molar-refractivity contribution is 0.380. The number of hydrogen-bond acceptors (Lipinski definition) is 1. The Kier molecular flexibility index (Phi) is 4.58. The minimum absolute atomic E-state index is 0.535. The zero-order chi connectivity index (χ0) is 8.65.